The number of hydrogen-bond acceptors (Lipinski definition) is 4. The van der Waals surface area contributed by atoms with Gasteiger partial charge in [0.25, 0.3) is 0 Å². The van der Waals surface area contributed by atoms with E-state index in [0.717, 1.165) is 32.5 Å². The summed E-state index contributed by atoms with van der Waals surface area (Å²) < 4.78 is 10.9. The molecule has 1 heterocycles. The van der Waals surface area contributed by atoms with Crippen molar-refractivity contribution < 1.29 is 14.3 Å². The van der Waals surface area contributed by atoms with Crippen molar-refractivity contribution in [1.29, 1.82) is 0 Å². The Morgan fingerprint density at radius 2 is 2.14 bits per heavy atom. The van der Waals surface area contributed by atoms with Gasteiger partial charge in [-0.2, -0.15) is 0 Å². The number of esters is 1. The Hall–Kier alpha value is -1.39. The molecule has 0 radical (unpaired) electrons. The lowest BCUT2D eigenvalue weighted by molar-refractivity contribution is -0.143. The van der Waals surface area contributed by atoms with Crippen LogP contribution in [-0.2, 0) is 20.9 Å². The fraction of sp³-hybridized carbons (Fsp3) is 0.588. The minimum Gasteiger partial charge on any atom is -0.466 e. The third kappa shape index (κ3) is 5.86. The largest absolute Gasteiger partial charge is 0.466 e. The lowest BCUT2D eigenvalue weighted by Crippen LogP contribution is -2.25. The standard InChI is InChI=1S/C17H25NO3/c1-2-20-17(19)9-6-11-18-12-10-16(13-18)21-14-15-7-4-3-5-8-15/h3-5,7-8,16H,2,6,9-14H2,1H3. The Labute approximate surface area is 127 Å². The third-order valence-corrected chi connectivity index (χ3v) is 3.72. The Morgan fingerprint density at radius 1 is 1.33 bits per heavy atom. The highest BCUT2D eigenvalue weighted by Crippen LogP contribution is 2.15. The SMILES string of the molecule is CCOC(=O)CCCN1CCC(OCc2ccccc2)C1. The lowest BCUT2D eigenvalue weighted by Gasteiger charge is -2.16. The Morgan fingerprint density at radius 3 is 2.90 bits per heavy atom. The first-order chi connectivity index (χ1) is 10.3. The molecule has 116 valence electrons. The summed E-state index contributed by atoms with van der Waals surface area (Å²) in [4.78, 5) is 13.6. The maximum atomic E-state index is 11.3. The van der Waals surface area contributed by atoms with Crippen molar-refractivity contribution in [2.24, 2.45) is 0 Å². The molecule has 1 saturated heterocycles. The first-order valence-corrected chi connectivity index (χ1v) is 7.81. The van der Waals surface area contributed by atoms with Crippen LogP contribution < -0.4 is 0 Å². The van der Waals surface area contributed by atoms with E-state index >= 15 is 0 Å². The predicted octanol–water partition coefficient (Wildman–Crippen LogP) is 2.62. The third-order valence-electron chi connectivity index (χ3n) is 3.72. The highest BCUT2D eigenvalue weighted by molar-refractivity contribution is 5.69. The van der Waals surface area contributed by atoms with E-state index in [4.69, 9.17) is 9.47 Å². The molecule has 21 heavy (non-hydrogen) atoms. The molecule has 1 aliphatic heterocycles. The number of benzene rings is 1. The summed E-state index contributed by atoms with van der Waals surface area (Å²) in [6.07, 6.45) is 2.77. The van der Waals surface area contributed by atoms with Crippen LogP contribution in [0.4, 0.5) is 0 Å². The number of ether oxygens (including phenoxy) is 2. The number of hydrogen-bond donors (Lipinski definition) is 0. The second-order valence-corrected chi connectivity index (χ2v) is 5.42. The van der Waals surface area contributed by atoms with E-state index in [1.807, 2.05) is 25.1 Å². The quantitative estimate of drug-likeness (QED) is 0.690. The fourth-order valence-corrected chi connectivity index (χ4v) is 2.60. The normalized spacial score (nSPS) is 18.8. The maximum Gasteiger partial charge on any atom is 0.305 e. The minimum absolute atomic E-state index is 0.0893. The average molecular weight is 291 g/mol. The summed E-state index contributed by atoms with van der Waals surface area (Å²) in [5, 5.41) is 0. The molecule has 1 unspecified atom stereocenters. The molecule has 4 nitrogen and oxygen atoms in total. The smallest absolute Gasteiger partial charge is 0.305 e. The Bertz CT molecular complexity index is 421. The summed E-state index contributed by atoms with van der Waals surface area (Å²) in [6.45, 7) is 5.97. The van der Waals surface area contributed by atoms with Crippen molar-refractivity contribution in [2.45, 2.75) is 38.9 Å². The van der Waals surface area contributed by atoms with Gasteiger partial charge >= 0.3 is 5.97 Å². The molecule has 1 aliphatic rings. The van der Waals surface area contributed by atoms with E-state index in [1.54, 1.807) is 0 Å². The lowest BCUT2D eigenvalue weighted by atomic mass is 10.2. The van der Waals surface area contributed by atoms with Crippen molar-refractivity contribution in [2.75, 3.05) is 26.2 Å². The maximum absolute atomic E-state index is 11.3. The van der Waals surface area contributed by atoms with E-state index < -0.39 is 0 Å². The topological polar surface area (TPSA) is 38.8 Å². The molecular weight excluding hydrogens is 266 g/mol. The summed E-state index contributed by atoms with van der Waals surface area (Å²) in [7, 11) is 0. The molecule has 0 spiro atoms. The second kappa shape index (κ2) is 8.80. The fourth-order valence-electron chi connectivity index (χ4n) is 2.60. The molecule has 1 fully saturated rings. The Kier molecular flexibility index (Phi) is 6.70. The summed E-state index contributed by atoms with van der Waals surface area (Å²) in [5.74, 6) is -0.0893. The highest BCUT2D eigenvalue weighted by Gasteiger charge is 2.22. The second-order valence-electron chi connectivity index (χ2n) is 5.42. The van der Waals surface area contributed by atoms with Gasteiger partial charge in [-0.3, -0.25) is 4.79 Å². The molecule has 2 rings (SSSR count). The van der Waals surface area contributed by atoms with E-state index in [0.29, 0.717) is 25.7 Å². The Balaban J connectivity index is 1.59. The van der Waals surface area contributed by atoms with Crippen LogP contribution in [0.3, 0.4) is 0 Å². The average Bonchev–Trinajstić information content (AvgIpc) is 2.94. The van der Waals surface area contributed by atoms with E-state index in [-0.39, 0.29) is 5.97 Å². The number of carbonyl (C=O) groups excluding carboxylic acids is 1. The molecule has 0 bridgehead atoms. The van der Waals surface area contributed by atoms with Crippen molar-refractivity contribution in [3.8, 4) is 0 Å². The van der Waals surface area contributed by atoms with Crippen LogP contribution >= 0.6 is 0 Å². The van der Waals surface area contributed by atoms with Gasteiger partial charge in [0, 0.05) is 19.5 Å². The van der Waals surface area contributed by atoms with Gasteiger partial charge in [-0.25, -0.2) is 0 Å². The molecule has 0 saturated carbocycles. The van der Waals surface area contributed by atoms with Crippen LogP contribution in [-0.4, -0.2) is 43.2 Å². The first kappa shape index (κ1) is 16.0. The van der Waals surface area contributed by atoms with Gasteiger partial charge in [0.1, 0.15) is 0 Å². The number of likely N-dealkylation sites (tertiary alicyclic amines) is 1. The molecule has 1 aromatic rings. The first-order valence-electron chi connectivity index (χ1n) is 7.81. The van der Waals surface area contributed by atoms with Crippen LogP contribution in [0.5, 0.6) is 0 Å². The molecular formula is C17H25NO3. The number of nitrogens with zero attached hydrogens (tertiary/aromatic N) is 1. The summed E-state index contributed by atoms with van der Waals surface area (Å²) in [5.41, 5.74) is 1.22. The zero-order valence-corrected chi connectivity index (χ0v) is 12.8. The van der Waals surface area contributed by atoms with Gasteiger partial charge in [0.15, 0.2) is 0 Å². The highest BCUT2D eigenvalue weighted by atomic mass is 16.5. The van der Waals surface area contributed by atoms with Gasteiger partial charge in [-0.05, 0) is 31.9 Å². The molecule has 4 heteroatoms. The summed E-state index contributed by atoms with van der Waals surface area (Å²) in [6, 6.07) is 10.3. The van der Waals surface area contributed by atoms with Crippen LogP contribution in [0.15, 0.2) is 30.3 Å². The monoisotopic (exact) mass is 291 g/mol. The van der Waals surface area contributed by atoms with Crippen molar-refractivity contribution in [1.82, 2.24) is 4.90 Å². The minimum atomic E-state index is -0.0893. The summed E-state index contributed by atoms with van der Waals surface area (Å²) >= 11 is 0. The predicted molar refractivity (Wildman–Crippen MR) is 81.9 cm³/mol. The van der Waals surface area contributed by atoms with Gasteiger partial charge in [0.2, 0.25) is 0 Å². The van der Waals surface area contributed by atoms with Crippen LogP contribution in [0.25, 0.3) is 0 Å². The molecule has 0 amide bonds. The van der Waals surface area contributed by atoms with Crippen molar-refractivity contribution in [3.05, 3.63) is 35.9 Å². The number of rotatable bonds is 8. The van der Waals surface area contributed by atoms with Crippen molar-refractivity contribution in [3.63, 3.8) is 0 Å². The zero-order chi connectivity index (χ0) is 14.9. The van der Waals surface area contributed by atoms with Crippen LogP contribution in [0.1, 0.15) is 31.7 Å². The van der Waals surface area contributed by atoms with Crippen molar-refractivity contribution >= 4 is 5.97 Å². The molecule has 1 aromatic carbocycles. The molecule has 0 aliphatic carbocycles. The van der Waals surface area contributed by atoms with Gasteiger partial charge < -0.3 is 14.4 Å². The number of carbonyl (C=O) groups is 1. The molecule has 0 aromatic heterocycles. The van der Waals surface area contributed by atoms with Crippen LogP contribution in [0.2, 0.25) is 0 Å². The van der Waals surface area contributed by atoms with Crippen LogP contribution in [0, 0.1) is 0 Å². The molecule has 0 N–H and O–H groups in total. The van der Waals surface area contributed by atoms with E-state index in [9.17, 15) is 4.79 Å². The zero-order valence-electron chi connectivity index (χ0n) is 12.8. The van der Waals surface area contributed by atoms with E-state index in [2.05, 4.69) is 17.0 Å². The van der Waals surface area contributed by atoms with Gasteiger partial charge in [0.05, 0.1) is 19.3 Å². The van der Waals surface area contributed by atoms with Gasteiger partial charge in [-0.1, -0.05) is 30.3 Å². The van der Waals surface area contributed by atoms with E-state index in [1.165, 1.54) is 5.56 Å². The molecule has 1 atom stereocenters. The van der Waals surface area contributed by atoms with Gasteiger partial charge in [-0.15, -0.1) is 0 Å².